The van der Waals surface area contributed by atoms with Gasteiger partial charge in [-0.3, -0.25) is 5.32 Å². The second kappa shape index (κ2) is 10.2. The van der Waals surface area contributed by atoms with Crippen LogP contribution in [0.1, 0.15) is 52.7 Å². The van der Waals surface area contributed by atoms with Crippen molar-refractivity contribution in [3.8, 4) is 11.1 Å². The van der Waals surface area contributed by atoms with Gasteiger partial charge in [0.1, 0.15) is 11.2 Å². The summed E-state index contributed by atoms with van der Waals surface area (Å²) in [5.41, 5.74) is 3.99. The summed E-state index contributed by atoms with van der Waals surface area (Å²) >= 11 is 0. The fourth-order valence-corrected chi connectivity index (χ4v) is 4.70. The average molecular weight is 510 g/mol. The quantitative estimate of drug-likeness (QED) is 0.272. The zero-order chi connectivity index (χ0) is 26.9. The molecule has 0 unspecified atom stereocenters. The van der Waals surface area contributed by atoms with Crippen LogP contribution in [0.15, 0.2) is 51.7 Å². The first-order valence-corrected chi connectivity index (χ1v) is 15.3. The molecule has 0 fully saturated rings. The minimum absolute atomic E-state index is 0.111. The van der Waals surface area contributed by atoms with E-state index in [4.69, 9.17) is 13.6 Å². The zero-order valence-electron chi connectivity index (χ0n) is 23.0. The smallest absolute Gasteiger partial charge is 0.412 e. The summed E-state index contributed by atoms with van der Waals surface area (Å²) in [5, 5.41) is 3.92. The highest BCUT2D eigenvalue weighted by molar-refractivity contribution is 6.74. The Morgan fingerprint density at radius 1 is 0.972 bits per heavy atom. The van der Waals surface area contributed by atoms with E-state index in [-0.39, 0.29) is 10.7 Å². The number of carbonyl (C=O) groups is 1. The second-order valence-corrected chi connectivity index (χ2v) is 16.6. The maximum absolute atomic E-state index is 12.5. The molecule has 36 heavy (non-hydrogen) atoms. The van der Waals surface area contributed by atoms with E-state index in [1.54, 1.807) is 0 Å². The van der Waals surface area contributed by atoms with Gasteiger partial charge in [0.2, 0.25) is 0 Å². The van der Waals surface area contributed by atoms with Crippen LogP contribution >= 0.6 is 0 Å². The summed E-state index contributed by atoms with van der Waals surface area (Å²) in [5.74, 6) is 0. The molecule has 0 bridgehead atoms. The lowest BCUT2D eigenvalue weighted by atomic mass is 9.99. The molecule has 1 aromatic heterocycles. The average Bonchev–Trinajstić information content (AvgIpc) is 2.72. The molecule has 6 nitrogen and oxygen atoms in total. The molecule has 0 radical (unpaired) electrons. The van der Waals surface area contributed by atoms with Crippen molar-refractivity contribution in [2.45, 2.75) is 78.6 Å². The third-order valence-electron chi connectivity index (χ3n) is 6.67. The Morgan fingerprint density at radius 2 is 1.61 bits per heavy atom. The number of ether oxygens (including phenoxy) is 1. The molecule has 0 aliphatic rings. The molecule has 2 aromatic carbocycles. The standard InChI is InChI=1S/C29H39NO5Si/c1-19-16-26(31)34-25-18-21(10-12-23(19)25)20-11-13-24(30-27(32)35-28(2,3)4)22(17-20)14-15-33-36(8,9)29(5,6)7/h10-13,16-18H,14-15H2,1-9H3,(H,30,32). The molecule has 0 spiro atoms. The molecular weight excluding hydrogens is 470 g/mol. The van der Waals surface area contributed by atoms with Gasteiger partial charge in [0.05, 0.1) is 0 Å². The van der Waals surface area contributed by atoms with E-state index < -0.39 is 20.0 Å². The summed E-state index contributed by atoms with van der Waals surface area (Å²) in [4.78, 5) is 24.4. The van der Waals surface area contributed by atoms with Gasteiger partial charge in [-0.15, -0.1) is 0 Å². The molecule has 3 rings (SSSR count). The number of fused-ring (bicyclic) bond motifs is 1. The number of hydrogen-bond acceptors (Lipinski definition) is 5. The van der Waals surface area contributed by atoms with Crippen molar-refractivity contribution in [1.29, 1.82) is 0 Å². The van der Waals surface area contributed by atoms with Crippen molar-refractivity contribution < 1.29 is 18.4 Å². The van der Waals surface area contributed by atoms with E-state index in [9.17, 15) is 9.59 Å². The van der Waals surface area contributed by atoms with Crippen LogP contribution in [0.25, 0.3) is 22.1 Å². The largest absolute Gasteiger partial charge is 0.444 e. The lowest BCUT2D eigenvalue weighted by molar-refractivity contribution is 0.0635. The highest BCUT2D eigenvalue weighted by Crippen LogP contribution is 2.37. The lowest BCUT2D eigenvalue weighted by Crippen LogP contribution is -2.41. The molecule has 0 aliphatic carbocycles. The van der Waals surface area contributed by atoms with E-state index >= 15 is 0 Å². The summed E-state index contributed by atoms with van der Waals surface area (Å²) in [6, 6.07) is 13.3. The van der Waals surface area contributed by atoms with Gasteiger partial charge < -0.3 is 13.6 Å². The maximum Gasteiger partial charge on any atom is 0.412 e. The second-order valence-electron chi connectivity index (χ2n) is 11.8. The van der Waals surface area contributed by atoms with Crippen LogP contribution in [-0.2, 0) is 15.6 Å². The van der Waals surface area contributed by atoms with Gasteiger partial charge in [0, 0.05) is 23.7 Å². The summed E-state index contributed by atoms with van der Waals surface area (Å²) in [7, 11) is -1.91. The first-order valence-electron chi connectivity index (χ1n) is 12.4. The molecule has 0 saturated carbocycles. The SMILES string of the molecule is Cc1cc(=O)oc2cc(-c3ccc(NC(=O)OC(C)(C)C)c(CCO[Si](C)(C)C(C)(C)C)c3)ccc12. The van der Waals surface area contributed by atoms with E-state index in [0.29, 0.717) is 24.3 Å². The van der Waals surface area contributed by atoms with Crippen LogP contribution in [0.5, 0.6) is 0 Å². The molecule has 1 heterocycles. The maximum atomic E-state index is 12.5. The van der Waals surface area contributed by atoms with Crippen molar-refractivity contribution in [3.05, 3.63) is 64.0 Å². The number of aryl methyl sites for hydroxylation is 1. The zero-order valence-corrected chi connectivity index (χ0v) is 24.0. The van der Waals surface area contributed by atoms with E-state index in [2.05, 4.69) is 45.2 Å². The molecule has 0 saturated heterocycles. The van der Waals surface area contributed by atoms with Crippen LogP contribution in [-0.4, -0.2) is 26.6 Å². The van der Waals surface area contributed by atoms with Gasteiger partial charge >= 0.3 is 11.7 Å². The summed E-state index contributed by atoms with van der Waals surface area (Å²) in [6.07, 6.45) is 0.137. The molecule has 1 N–H and O–H groups in total. The molecule has 0 atom stereocenters. The highest BCUT2D eigenvalue weighted by atomic mass is 28.4. The number of nitrogens with one attached hydrogen (secondary N) is 1. The van der Waals surface area contributed by atoms with Gasteiger partial charge in [0.15, 0.2) is 8.32 Å². The van der Waals surface area contributed by atoms with E-state index in [0.717, 1.165) is 27.6 Å². The van der Waals surface area contributed by atoms with Crippen LogP contribution < -0.4 is 10.9 Å². The third kappa shape index (κ3) is 6.86. The number of anilines is 1. The van der Waals surface area contributed by atoms with Crippen molar-refractivity contribution >= 4 is 31.1 Å². The van der Waals surface area contributed by atoms with Crippen molar-refractivity contribution in [1.82, 2.24) is 0 Å². The van der Waals surface area contributed by atoms with Crippen LogP contribution in [0.4, 0.5) is 10.5 Å². The predicted molar refractivity (Wildman–Crippen MR) is 149 cm³/mol. The molecule has 1 amide bonds. The first-order chi connectivity index (χ1) is 16.6. The molecule has 194 valence electrons. The van der Waals surface area contributed by atoms with Gasteiger partial charge in [-0.25, -0.2) is 9.59 Å². The fourth-order valence-electron chi connectivity index (χ4n) is 3.65. The van der Waals surface area contributed by atoms with Crippen LogP contribution in [0.2, 0.25) is 18.1 Å². The number of carbonyl (C=O) groups excluding carboxylic acids is 1. The number of rotatable bonds is 6. The first kappa shape index (κ1) is 27.7. The predicted octanol–water partition coefficient (Wildman–Crippen LogP) is 7.68. The number of amides is 1. The molecule has 0 aliphatic heterocycles. The van der Waals surface area contributed by atoms with E-state index in [1.165, 1.54) is 6.07 Å². The monoisotopic (exact) mass is 509 g/mol. The highest BCUT2D eigenvalue weighted by Gasteiger charge is 2.36. The van der Waals surface area contributed by atoms with Gasteiger partial charge in [-0.1, -0.05) is 39.0 Å². The molecule has 7 heteroatoms. The minimum Gasteiger partial charge on any atom is -0.444 e. The Labute approximate surface area is 215 Å². The number of hydrogen-bond donors (Lipinski definition) is 1. The summed E-state index contributed by atoms with van der Waals surface area (Å²) < 4.78 is 17.3. The van der Waals surface area contributed by atoms with Crippen molar-refractivity contribution in [3.63, 3.8) is 0 Å². The summed E-state index contributed by atoms with van der Waals surface area (Å²) in [6.45, 7) is 19.1. The van der Waals surface area contributed by atoms with Crippen LogP contribution in [0.3, 0.4) is 0 Å². The van der Waals surface area contributed by atoms with Gasteiger partial charge in [-0.2, -0.15) is 0 Å². The Morgan fingerprint density at radius 3 is 2.25 bits per heavy atom. The normalized spacial score (nSPS) is 12.6. The third-order valence-corrected chi connectivity index (χ3v) is 11.2. The lowest BCUT2D eigenvalue weighted by Gasteiger charge is -2.36. The van der Waals surface area contributed by atoms with Crippen LogP contribution in [0, 0.1) is 6.92 Å². The Kier molecular flexibility index (Phi) is 7.86. The molecular formula is C29H39NO5Si. The Bertz CT molecular complexity index is 1310. The Balaban J connectivity index is 1.95. The minimum atomic E-state index is -1.91. The van der Waals surface area contributed by atoms with Gasteiger partial charge in [-0.05, 0) is 92.7 Å². The topological polar surface area (TPSA) is 77.8 Å². The van der Waals surface area contributed by atoms with Crippen molar-refractivity contribution in [2.75, 3.05) is 11.9 Å². The fraction of sp³-hybridized carbons (Fsp3) is 0.448. The van der Waals surface area contributed by atoms with Gasteiger partial charge in [0.25, 0.3) is 0 Å². The van der Waals surface area contributed by atoms with E-state index in [1.807, 2.05) is 58.0 Å². The van der Waals surface area contributed by atoms with Crippen molar-refractivity contribution in [2.24, 2.45) is 0 Å². The molecule has 3 aromatic rings. The number of benzene rings is 2. The Hall–Kier alpha value is -2.90.